The number of hydrogen-bond acceptors (Lipinski definition) is 3. The van der Waals surface area contributed by atoms with Crippen LogP contribution < -0.4 is 0 Å². The third-order valence-corrected chi connectivity index (χ3v) is 2.98. The average molecular weight is 222 g/mol. The SMILES string of the molecule is CCCCC1=C(OC)C(=O)C(C)=C(C)C1=O. The highest BCUT2D eigenvalue weighted by Gasteiger charge is 2.30. The predicted octanol–water partition coefficient (Wildman–Crippen LogP) is 2.57. The minimum atomic E-state index is -0.147. The Labute approximate surface area is 96.2 Å². The third kappa shape index (κ3) is 2.08. The highest BCUT2D eigenvalue weighted by atomic mass is 16.5. The number of rotatable bonds is 4. The molecule has 0 aliphatic heterocycles. The summed E-state index contributed by atoms with van der Waals surface area (Å²) < 4.78 is 5.08. The predicted molar refractivity (Wildman–Crippen MR) is 61.9 cm³/mol. The monoisotopic (exact) mass is 222 g/mol. The second-order valence-corrected chi connectivity index (χ2v) is 4.02. The van der Waals surface area contributed by atoms with Crippen molar-refractivity contribution in [3.05, 3.63) is 22.5 Å². The van der Waals surface area contributed by atoms with E-state index in [9.17, 15) is 9.59 Å². The van der Waals surface area contributed by atoms with Crippen molar-refractivity contribution in [2.45, 2.75) is 40.0 Å². The van der Waals surface area contributed by atoms with Crippen LogP contribution in [0.1, 0.15) is 40.0 Å². The second-order valence-electron chi connectivity index (χ2n) is 4.02. The molecule has 0 aromatic rings. The van der Waals surface area contributed by atoms with E-state index in [0.717, 1.165) is 12.8 Å². The summed E-state index contributed by atoms with van der Waals surface area (Å²) in [5.74, 6) is 0.0506. The van der Waals surface area contributed by atoms with Gasteiger partial charge in [-0.2, -0.15) is 0 Å². The summed E-state index contributed by atoms with van der Waals surface area (Å²) in [4.78, 5) is 23.9. The maximum atomic E-state index is 12.0. The van der Waals surface area contributed by atoms with Crippen LogP contribution >= 0.6 is 0 Å². The highest BCUT2D eigenvalue weighted by Crippen LogP contribution is 2.27. The number of hydrogen-bond donors (Lipinski definition) is 0. The first kappa shape index (κ1) is 12.7. The summed E-state index contributed by atoms with van der Waals surface area (Å²) in [5.41, 5.74) is 1.59. The summed E-state index contributed by atoms with van der Waals surface area (Å²) in [7, 11) is 1.44. The minimum absolute atomic E-state index is 0.0394. The van der Waals surface area contributed by atoms with E-state index >= 15 is 0 Å². The van der Waals surface area contributed by atoms with Gasteiger partial charge in [0.2, 0.25) is 5.78 Å². The lowest BCUT2D eigenvalue weighted by atomic mass is 9.87. The lowest BCUT2D eigenvalue weighted by molar-refractivity contribution is -0.118. The number of carbonyl (C=O) groups excluding carboxylic acids is 2. The van der Waals surface area contributed by atoms with Crippen molar-refractivity contribution >= 4 is 11.6 Å². The Kier molecular flexibility index (Phi) is 4.05. The first-order valence-corrected chi connectivity index (χ1v) is 5.58. The van der Waals surface area contributed by atoms with Gasteiger partial charge in [0, 0.05) is 16.7 Å². The molecule has 0 aromatic heterocycles. The number of carbonyl (C=O) groups is 2. The van der Waals surface area contributed by atoms with Gasteiger partial charge in [-0.3, -0.25) is 9.59 Å². The van der Waals surface area contributed by atoms with Crippen LogP contribution in [0.5, 0.6) is 0 Å². The van der Waals surface area contributed by atoms with E-state index in [0.29, 0.717) is 23.1 Å². The molecule has 0 spiro atoms. The highest BCUT2D eigenvalue weighted by molar-refractivity contribution is 6.23. The van der Waals surface area contributed by atoms with E-state index < -0.39 is 0 Å². The van der Waals surface area contributed by atoms with Crippen LogP contribution in [-0.2, 0) is 14.3 Å². The summed E-state index contributed by atoms with van der Waals surface area (Å²) in [6.07, 6.45) is 2.51. The smallest absolute Gasteiger partial charge is 0.224 e. The van der Waals surface area contributed by atoms with Gasteiger partial charge in [0.15, 0.2) is 11.5 Å². The fourth-order valence-corrected chi connectivity index (χ4v) is 1.77. The first-order valence-electron chi connectivity index (χ1n) is 5.58. The lowest BCUT2D eigenvalue weighted by Gasteiger charge is -2.19. The molecule has 0 radical (unpaired) electrons. The van der Waals surface area contributed by atoms with E-state index in [4.69, 9.17) is 4.74 Å². The van der Waals surface area contributed by atoms with Crippen molar-refractivity contribution in [3.8, 4) is 0 Å². The van der Waals surface area contributed by atoms with Crippen molar-refractivity contribution in [1.82, 2.24) is 0 Å². The number of unbranched alkanes of at least 4 members (excludes halogenated alkanes) is 1. The summed E-state index contributed by atoms with van der Waals surface area (Å²) in [6, 6.07) is 0. The quantitative estimate of drug-likeness (QED) is 0.686. The molecular formula is C13H18O3. The van der Waals surface area contributed by atoms with Crippen LogP contribution in [0, 0.1) is 0 Å². The molecule has 16 heavy (non-hydrogen) atoms. The molecule has 0 amide bonds. The van der Waals surface area contributed by atoms with Gasteiger partial charge >= 0.3 is 0 Å². The zero-order chi connectivity index (χ0) is 12.3. The first-order chi connectivity index (χ1) is 7.54. The van der Waals surface area contributed by atoms with Gasteiger partial charge in [-0.25, -0.2) is 0 Å². The van der Waals surface area contributed by atoms with Gasteiger partial charge in [-0.1, -0.05) is 13.3 Å². The molecule has 0 fully saturated rings. The van der Waals surface area contributed by atoms with E-state index in [1.54, 1.807) is 13.8 Å². The molecule has 3 nitrogen and oxygen atoms in total. The molecule has 0 aromatic carbocycles. The van der Waals surface area contributed by atoms with Crippen molar-refractivity contribution in [2.24, 2.45) is 0 Å². The topological polar surface area (TPSA) is 43.4 Å². The molecule has 1 aliphatic rings. The molecule has 1 aliphatic carbocycles. The molecule has 0 saturated carbocycles. The fraction of sp³-hybridized carbons (Fsp3) is 0.538. The largest absolute Gasteiger partial charge is 0.492 e. The molecule has 3 heteroatoms. The molecule has 0 atom stereocenters. The Morgan fingerprint density at radius 3 is 2.12 bits per heavy atom. The van der Waals surface area contributed by atoms with E-state index in [2.05, 4.69) is 6.92 Å². The maximum Gasteiger partial charge on any atom is 0.224 e. The number of methoxy groups -OCH3 is 1. The van der Waals surface area contributed by atoms with Crippen LogP contribution in [0.15, 0.2) is 22.5 Å². The molecule has 0 unspecified atom stereocenters. The minimum Gasteiger partial charge on any atom is -0.492 e. The van der Waals surface area contributed by atoms with E-state index in [1.807, 2.05) is 0 Å². The van der Waals surface area contributed by atoms with E-state index in [1.165, 1.54) is 7.11 Å². The Bertz CT molecular complexity index is 386. The molecule has 0 N–H and O–H groups in total. The van der Waals surface area contributed by atoms with Crippen molar-refractivity contribution in [2.75, 3.05) is 7.11 Å². The molecule has 0 bridgehead atoms. The summed E-state index contributed by atoms with van der Waals surface area (Å²) in [6.45, 7) is 5.43. The molecule has 88 valence electrons. The van der Waals surface area contributed by atoms with Crippen molar-refractivity contribution < 1.29 is 14.3 Å². The molecular weight excluding hydrogens is 204 g/mol. The molecule has 0 saturated heterocycles. The zero-order valence-electron chi connectivity index (χ0n) is 10.3. The normalized spacial score (nSPS) is 17.2. The maximum absolute atomic E-state index is 12.0. The van der Waals surface area contributed by atoms with Gasteiger partial charge in [-0.05, 0) is 26.7 Å². The van der Waals surface area contributed by atoms with Crippen LogP contribution in [0.3, 0.4) is 0 Å². The Morgan fingerprint density at radius 1 is 1.06 bits per heavy atom. The van der Waals surface area contributed by atoms with Gasteiger partial charge in [0.1, 0.15) is 0 Å². The van der Waals surface area contributed by atoms with Gasteiger partial charge in [0.25, 0.3) is 0 Å². The number of ether oxygens (including phenoxy) is 1. The Hall–Kier alpha value is -1.38. The van der Waals surface area contributed by atoms with E-state index in [-0.39, 0.29) is 17.3 Å². The van der Waals surface area contributed by atoms with Crippen LogP contribution in [0.25, 0.3) is 0 Å². The summed E-state index contributed by atoms with van der Waals surface area (Å²) >= 11 is 0. The number of Topliss-reactive ketones (excluding diaryl/α,β-unsaturated/α-hetero) is 2. The Balaban J connectivity index is 3.13. The van der Waals surface area contributed by atoms with Crippen LogP contribution in [0.2, 0.25) is 0 Å². The van der Waals surface area contributed by atoms with Crippen molar-refractivity contribution in [3.63, 3.8) is 0 Å². The van der Waals surface area contributed by atoms with Crippen LogP contribution in [0.4, 0.5) is 0 Å². The van der Waals surface area contributed by atoms with Crippen LogP contribution in [-0.4, -0.2) is 18.7 Å². The zero-order valence-corrected chi connectivity index (χ0v) is 10.3. The standard InChI is InChI=1S/C13H18O3/c1-5-6-7-10-11(14)8(2)9(3)12(15)13(10)16-4/h5-7H2,1-4H3. The molecule has 1 rings (SSSR count). The van der Waals surface area contributed by atoms with Gasteiger partial charge in [-0.15, -0.1) is 0 Å². The summed E-state index contributed by atoms with van der Waals surface area (Å²) in [5, 5.41) is 0. The number of allylic oxidation sites excluding steroid dienone is 3. The fourth-order valence-electron chi connectivity index (χ4n) is 1.77. The number of ketones is 2. The van der Waals surface area contributed by atoms with Gasteiger partial charge < -0.3 is 4.74 Å². The molecule has 0 heterocycles. The Morgan fingerprint density at radius 2 is 1.62 bits per heavy atom. The lowest BCUT2D eigenvalue weighted by Crippen LogP contribution is -2.23. The average Bonchev–Trinajstić information content (AvgIpc) is 2.29. The second kappa shape index (κ2) is 5.10. The van der Waals surface area contributed by atoms with Gasteiger partial charge in [0.05, 0.1) is 7.11 Å². The van der Waals surface area contributed by atoms with Crippen molar-refractivity contribution in [1.29, 1.82) is 0 Å². The third-order valence-electron chi connectivity index (χ3n) is 2.98.